The Morgan fingerprint density at radius 2 is 1.95 bits per heavy atom. The summed E-state index contributed by atoms with van der Waals surface area (Å²) in [6, 6.07) is 5.60. The van der Waals surface area contributed by atoms with Gasteiger partial charge in [0.05, 0.1) is 23.5 Å². The largest absolute Gasteiger partial charge is 0.382 e. The van der Waals surface area contributed by atoms with Crippen molar-refractivity contribution in [2.24, 2.45) is 0 Å². The van der Waals surface area contributed by atoms with Crippen LogP contribution in [0, 0.1) is 0 Å². The quantitative estimate of drug-likeness (QED) is 0.669. The van der Waals surface area contributed by atoms with Gasteiger partial charge in [0.25, 0.3) is 5.91 Å². The number of carbonyl (C=O) groups is 2. The summed E-state index contributed by atoms with van der Waals surface area (Å²) in [5.41, 5.74) is 2.41. The lowest BCUT2D eigenvalue weighted by atomic mass is 10.1. The van der Waals surface area contributed by atoms with Gasteiger partial charge in [-0.25, -0.2) is 0 Å². The molecule has 0 aliphatic carbocycles. The lowest BCUT2D eigenvalue weighted by molar-refractivity contribution is -0.123. The van der Waals surface area contributed by atoms with Gasteiger partial charge in [-0.15, -0.1) is 0 Å². The first-order chi connectivity index (χ1) is 9.25. The highest BCUT2D eigenvalue weighted by Crippen LogP contribution is 2.29. The molecule has 1 aromatic rings. The molecule has 0 aromatic heterocycles. The van der Waals surface area contributed by atoms with Crippen LogP contribution in [-0.4, -0.2) is 49.4 Å². The molecule has 2 heterocycles. The molecule has 100 valence electrons. The molecule has 1 aromatic carbocycles. The second-order valence-corrected chi connectivity index (χ2v) is 4.66. The summed E-state index contributed by atoms with van der Waals surface area (Å²) in [4.78, 5) is 25.4. The lowest BCUT2D eigenvalue weighted by Crippen LogP contribution is -2.50. The highest BCUT2D eigenvalue weighted by atomic mass is 16.2. The second kappa shape index (κ2) is 4.79. The van der Waals surface area contributed by atoms with E-state index >= 15 is 0 Å². The molecule has 0 radical (unpaired) electrons. The van der Waals surface area contributed by atoms with Crippen molar-refractivity contribution < 1.29 is 9.59 Å². The van der Waals surface area contributed by atoms with E-state index in [9.17, 15) is 9.59 Å². The van der Waals surface area contributed by atoms with Crippen molar-refractivity contribution in [3.05, 3.63) is 23.8 Å². The molecule has 2 amide bonds. The Hall–Kier alpha value is -2.24. The number of benzene rings is 1. The molecule has 6 heteroatoms. The van der Waals surface area contributed by atoms with Crippen LogP contribution in [0.5, 0.6) is 0 Å². The number of nitrogens with one attached hydrogen (secondary N) is 3. The third kappa shape index (κ3) is 2.21. The number of hydrogen-bond acceptors (Lipinski definition) is 4. The summed E-state index contributed by atoms with van der Waals surface area (Å²) in [6.07, 6.45) is 0. The molecule has 2 aliphatic rings. The van der Waals surface area contributed by atoms with Crippen molar-refractivity contribution in [2.45, 2.75) is 0 Å². The number of piperazine rings is 1. The summed E-state index contributed by atoms with van der Waals surface area (Å²) >= 11 is 0. The van der Waals surface area contributed by atoms with Crippen molar-refractivity contribution in [3.63, 3.8) is 0 Å². The fourth-order valence-corrected chi connectivity index (χ4v) is 2.44. The zero-order chi connectivity index (χ0) is 13.2. The number of amides is 2. The Kier molecular flexibility index (Phi) is 2.98. The Labute approximate surface area is 111 Å². The molecular weight excluding hydrogens is 244 g/mol. The van der Waals surface area contributed by atoms with Gasteiger partial charge in [-0.1, -0.05) is 6.07 Å². The third-order valence-electron chi connectivity index (χ3n) is 3.36. The van der Waals surface area contributed by atoms with E-state index in [0.717, 1.165) is 24.5 Å². The first kappa shape index (κ1) is 11.8. The molecule has 0 unspecified atom stereocenters. The number of para-hydroxylation sites is 1. The minimum atomic E-state index is -0.101. The molecule has 19 heavy (non-hydrogen) atoms. The molecule has 0 atom stereocenters. The third-order valence-corrected chi connectivity index (χ3v) is 3.36. The maximum atomic E-state index is 12.5. The van der Waals surface area contributed by atoms with Gasteiger partial charge in [0.1, 0.15) is 0 Å². The molecule has 6 nitrogen and oxygen atoms in total. The number of fused-ring (bicyclic) bond motifs is 1. The van der Waals surface area contributed by atoms with E-state index in [4.69, 9.17) is 0 Å². The summed E-state index contributed by atoms with van der Waals surface area (Å²) in [5.74, 6) is -0.196. The maximum Gasteiger partial charge on any atom is 0.256 e. The van der Waals surface area contributed by atoms with Crippen molar-refractivity contribution in [3.8, 4) is 0 Å². The lowest BCUT2D eigenvalue weighted by Gasteiger charge is -2.29. The van der Waals surface area contributed by atoms with Gasteiger partial charge in [0.2, 0.25) is 5.91 Å². The van der Waals surface area contributed by atoms with Crippen LogP contribution in [-0.2, 0) is 4.79 Å². The van der Waals surface area contributed by atoms with Gasteiger partial charge in [-0.3, -0.25) is 9.59 Å². The first-order valence-electron chi connectivity index (χ1n) is 6.42. The fraction of sp³-hybridized carbons (Fsp3) is 0.385. The van der Waals surface area contributed by atoms with Crippen LogP contribution in [0.25, 0.3) is 0 Å². The van der Waals surface area contributed by atoms with E-state index in [1.165, 1.54) is 0 Å². The normalized spacial score (nSPS) is 17.9. The monoisotopic (exact) mass is 260 g/mol. The molecule has 0 saturated carbocycles. The van der Waals surface area contributed by atoms with Crippen LogP contribution in [0.2, 0.25) is 0 Å². The van der Waals surface area contributed by atoms with E-state index in [1.54, 1.807) is 11.0 Å². The molecule has 0 spiro atoms. The second-order valence-electron chi connectivity index (χ2n) is 4.66. The van der Waals surface area contributed by atoms with Gasteiger partial charge in [0, 0.05) is 26.2 Å². The zero-order valence-corrected chi connectivity index (χ0v) is 10.5. The summed E-state index contributed by atoms with van der Waals surface area (Å²) in [6.45, 7) is 2.84. The average molecular weight is 260 g/mol. The van der Waals surface area contributed by atoms with E-state index in [-0.39, 0.29) is 18.4 Å². The van der Waals surface area contributed by atoms with E-state index in [0.29, 0.717) is 18.7 Å². The molecule has 1 saturated heterocycles. The maximum absolute atomic E-state index is 12.5. The number of rotatable bonds is 1. The first-order valence-corrected chi connectivity index (χ1v) is 6.42. The molecule has 3 rings (SSSR count). The molecule has 1 fully saturated rings. The van der Waals surface area contributed by atoms with Gasteiger partial charge < -0.3 is 20.9 Å². The number of anilines is 2. The predicted molar refractivity (Wildman–Crippen MR) is 72.3 cm³/mol. The topological polar surface area (TPSA) is 73.5 Å². The average Bonchev–Trinajstić information content (AvgIpc) is 2.46. The Morgan fingerprint density at radius 1 is 1.11 bits per heavy atom. The van der Waals surface area contributed by atoms with Crippen LogP contribution in [0.3, 0.4) is 0 Å². The van der Waals surface area contributed by atoms with E-state index in [2.05, 4.69) is 16.0 Å². The molecular formula is C13H16N4O2. The van der Waals surface area contributed by atoms with Gasteiger partial charge >= 0.3 is 0 Å². The van der Waals surface area contributed by atoms with Crippen molar-refractivity contribution in [1.29, 1.82) is 0 Å². The van der Waals surface area contributed by atoms with E-state index in [1.807, 2.05) is 12.1 Å². The highest BCUT2D eigenvalue weighted by Gasteiger charge is 2.25. The molecule has 3 N–H and O–H groups in total. The van der Waals surface area contributed by atoms with Gasteiger partial charge in [0.15, 0.2) is 0 Å². The molecule has 0 bridgehead atoms. The van der Waals surface area contributed by atoms with Gasteiger partial charge in [-0.2, -0.15) is 0 Å². The Bertz CT molecular complexity index is 529. The minimum Gasteiger partial charge on any atom is -0.382 e. The van der Waals surface area contributed by atoms with Crippen molar-refractivity contribution >= 4 is 23.2 Å². The minimum absolute atomic E-state index is 0.0945. The Morgan fingerprint density at radius 3 is 2.79 bits per heavy atom. The summed E-state index contributed by atoms with van der Waals surface area (Å²) in [5, 5.41) is 9.23. The highest BCUT2D eigenvalue weighted by molar-refractivity contribution is 6.04. The standard InChI is InChI=1S/C13H16N4O2/c18-11-8-17(7-6-15-11)13(19)9-2-1-3-10-12(9)16-5-4-14-10/h1-3,14,16H,4-8H2,(H,15,18). The summed E-state index contributed by atoms with van der Waals surface area (Å²) in [7, 11) is 0. The number of nitrogens with zero attached hydrogens (tertiary/aromatic N) is 1. The predicted octanol–water partition coefficient (Wildman–Crippen LogP) is 0.0960. The fourth-order valence-electron chi connectivity index (χ4n) is 2.44. The van der Waals surface area contributed by atoms with Gasteiger partial charge in [-0.05, 0) is 12.1 Å². The number of hydrogen-bond donors (Lipinski definition) is 3. The van der Waals surface area contributed by atoms with Crippen molar-refractivity contribution in [1.82, 2.24) is 10.2 Å². The van der Waals surface area contributed by atoms with Crippen LogP contribution in [0.4, 0.5) is 11.4 Å². The number of carbonyl (C=O) groups excluding carboxylic acids is 2. The van der Waals surface area contributed by atoms with Crippen LogP contribution in [0.15, 0.2) is 18.2 Å². The zero-order valence-electron chi connectivity index (χ0n) is 10.5. The van der Waals surface area contributed by atoms with Crippen LogP contribution >= 0.6 is 0 Å². The summed E-state index contributed by atoms with van der Waals surface area (Å²) < 4.78 is 0. The smallest absolute Gasteiger partial charge is 0.256 e. The van der Waals surface area contributed by atoms with Crippen LogP contribution in [0.1, 0.15) is 10.4 Å². The van der Waals surface area contributed by atoms with E-state index < -0.39 is 0 Å². The van der Waals surface area contributed by atoms with Crippen molar-refractivity contribution in [2.75, 3.05) is 43.4 Å². The molecule has 2 aliphatic heterocycles. The van der Waals surface area contributed by atoms with Crippen LogP contribution < -0.4 is 16.0 Å². The Balaban J connectivity index is 1.89. The SMILES string of the molecule is O=C1CN(C(=O)c2cccc3c2NCCN3)CCN1.